The van der Waals surface area contributed by atoms with Crippen molar-refractivity contribution in [3.8, 4) is 10.6 Å². The molecule has 0 amide bonds. The van der Waals surface area contributed by atoms with Gasteiger partial charge in [0.2, 0.25) is 0 Å². The first-order valence-electron chi connectivity index (χ1n) is 5.38. The minimum atomic E-state index is 0.136. The lowest BCUT2D eigenvalue weighted by Gasteiger charge is -1.95. The van der Waals surface area contributed by atoms with Gasteiger partial charge in [-0.05, 0) is 31.3 Å². The largest absolute Gasteiger partial charge is 0.375 e. The lowest BCUT2D eigenvalue weighted by Crippen LogP contribution is -2.23. The second kappa shape index (κ2) is 6.10. The molecule has 0 radical (unpaired) electrons. The summed E-state index contributed by atoms with van der Waals surface area (Å²) in [6.07, 6.45) is 1.66. The lowest BCUT2D eigenvalue weighted by atomic mass is 10.2. The van der Waals surface area contributed by atoms with Crippen LogP contribution in [0, 0.1) is 6.92 Å². The lowest BCUT2D eigenvalue weighted by molar-refractivity contribution is 1.04. The number of benzene rings is 1. The minimum absolute atomic E-state index is 0.136. The molecule has 0 atom stereocenters. The summed E-state index contributed by atoms with van der Waals surface area (Å²) < 4.78 is 0. The third-order valence-corrected chi connectivity index (χ3v) is 3.76. The maximum atomic E-state index is 5.86. The summed E-state index contributed by atoms with van der Waals surface area (Å²) in [4.78, 5) is 5.45. The Labute approximate surface area is 125 Å². The molecule has 0 spiro atoms. The zero-order valence-electron chi connectivity index (χ0n) is 10.1. The Hall–Kier alpha value is -1.50. The number of halogens is 1. The molecule has 1 heterocycles. The summed E-state index contributed by atoms with van der Waals surface area (Å²) >= 11 is 12.1. The number of nitrogens with one attached hydrogen (secondary N) is 1. The highest BCUT2D eigenvalue weighted by molar-refractivity contribution is 7.80. The third-order valence-electron chi connectivity index (χ3n) is 2.28. The van der Waals surface area contributed by atoms with Crippen LogP contribution in [0.15, 0.2) is 29.4 Å². The van der Waals surface area contributed by atoms with Crippen molar-refractivity contribution >= 4 is 46.5 Å². The number of hydrogen-bond donors (Lipinski definition) is 2. The van der Waals surface area contributed by atoms with Crippen LogP contribution in [0.2, 0.25) is 5.02 Å². The van der Waals surface area contributed by atoms with Gasteiger partial charge in [0.1, 0.15) is 5.01 Å². The number of hydrogen-bond acceptors (Lipinski definition) is 4. The SMILES string of the molecule is Cc1nc(-c2ccc(Cl)cc2)sc1/C=N/NC(N)=S. The smallest absolute Gasteiger partial charge is 0.184 e. The molecule has 0 saturated carbocycles. The molecule has 2 rings (SSSR count). The zero-order valence-corrected chi connectivity index (χ0v) is 12.4. The zero-order chi connectivity index (χ0) is 13.8. The third kappa shape index (κ3) is 3.73. The molecule has 0 aliphatic heterocycles. The van der Waals surface area contributed by atoms with Crippen LogP contribution in [0.1, 0.15) is 10.6 Å². The van der Waals surface area contributed by atoms with Gasteiger partial charge in [0, 0.05) is 10.6 Å². The van der Waals surface area contributed by atoms with E-state index in [0.29, 0.717) is 5.02 Å². The fraction of sp³-hybridized carbons (Fsp3) is 0.0833. The summed E-state index contributed by atoms with van der Waals surface area (Å²) in [5, 5.41) is 5.70. The summed E-state index contributed by atoms with van der Waals surface area (Å²) in [5.41, 5.74) is 9.74. The first-order chi connectivity index (χ1) is 9.06. The average molecular weight is 311 g/mol. The maximum absolute atomic E-state index is 5.86. The molecule has 4 nitrogen and oxygen atoms in total. The minimum Gasteiger partial charge on any atom is -0.375 e. The van der Waals surface area contributed by atoms with Gasteiger partial charge in [-0.1, -0.05) is 23.7 Å². The molecular weight excluding hydrogens is 300 g/mol. The number of nitrogens with zero attached hydrogens (tertiary/aromatic N) is 2. The van der Waals surface area contributed by atoms with E-state index in [9.17, 15) is 0 Å². The van der Waals surface area contributed by atoms with Gasteiger partial charge in [-0.15, -0.1) is 11.3 Å². The standard InChI is InChI=1S/C12H11ClN4S2/c1-7-10(6-15-17-12(14)18)19-11(16-7)8-2-4-9(13)5-3-8/h2-6H,1H3,(H3,14,17,18)/b15-6+. The monoisotopic (exact) mass is 310 g/mol. The molecule has 0 aliphatic rings. The maximum Gasteiger partial charge on any atom is 0.184 e. The first-order valence-corrected chi connectivity index (χ1v) is 6.98. The van der Waals surface area contributed by atoms with E-state index in [2.05, 4.69) is 27.7 Å². The van der Waals surface area contributed by atoms with E-state index in [4.69, 9.17) is 17.3 Å². The molecule has 1 aromatic carbocycles. The molecule has 7 heteroatoms. The first kappa shape index (κ1) is 13.9. The van der Waals surface area contributed by atoms with Gasteiger partial charge in [0.15, 0.2) is 5.11 Å². The van der Waals surface area contributed by atoms with Gasteiger partial charge in [0.25, 0.3) is 0 Å². The average Bonchev–Trinajstić information content (AvgIpc) is 2.71. The number of nitrogens with two attached hydrogens (primary N) is 1. The van der Waals surface area contributed by atoms with E-state index in [1.807, 2.05) is 31.2 Å². The van der Waals surface area contributed by atoms with Crippen molar-refractivity contribution in [1.82, 2.24) is 10.4 Å². The normalized spacial score (nSPS) is 10.8. The highest BCUT2D eigenvalue weighted by Crippen LogP contribution is 2.27. The second-order valence-electron chi connectivity index (χ2n) is 3.71. The van der Waals surface area contributed by atoms with Crippen LogP contribution < -0.4 is 11.2 Å². The summed E-state index contributed by atoms with van der Waals surface area (Å²) in [6, 6.07) is 7.56. The van der Waals surface area contributed by atoms with E-state index in [-0.39, 0.29) is 5.11 Å². The highest BCUT2D eigenvalue weighted by Gasteiger charge is 2.07. The van der Waals surface area contributed by atoms with Gasteiger partial charge in [-0.2, -0.15) is 5.10 Å². The highest BCUT2D eigenvalue weighted by atomic mass is 35.5. The van der Waals surface area contributed by atoms with E-state index in [0.717, 1.165) is 21.1 Å². The molecule has 0 aliphatic carbocycles. The molecule has 1 aromatic heterocycles. The molecular formula is C12H11ClN4S2. The number of rotatable bonds is 3. The van der Waals surface area contributed by atoms with Crippen LogP contribution in [-0.2, 0) is 0 Å². The van der Waals surface area contributed by atoms with Crippen LogP contribution in [0.25, 0.3) is 10.6 Å². The van der Waals surface area contributed by atoms with Crippen LogP contribution in [-0.4, -0.2) is 16.3 Å². The van der Waals surface area contributed by atoms with Crippen molar-refractivity contribution in [2.75, 3.05) is 0 Å². The quantitative estimate of drug-likeness (QED) is 0.520. The molecule has 3 N–H and O–H groups in total. The topological polar surface area (TPSA) is 63.3 Å². The number of hydrazone groups is 1. The van der Waals surface area contributed by atoms with Crippen LogP contribution in [0.4, 0.5) is 0 Å². The molecule has 0 bridgehead atoms. The summed E-state index contributed by atoms with van der Waals surface area (Å²) in [5.74, 6) is 0. The number of thiazole rings is 1. The van der Waals surface area contributed by atoms with Crippen molar-refractivity contribution < 1.29 is 0 Å². The van der Waals surface area contributed by atoms with E-state index >= 15 is 0 Å². The van der Waals surface area contributed by atoms with Gasteiger partial charge in [-0.25, -0.2) is 4.98 Å². The Kier molecular flexibility index (Phi) is 4.47. The Morgan fingerprint density at radius 3 is 2.79 bits per heavy atom. The predicted octanol–water partition coefficient (Wildman–Crippen LogP) is 2.94. The Morgan fingerprint density at radius 1 is 1.47 bits per heavy atom. The van der Waals surface area contributed by atoms with Gasteiger partial charge in [0.05, 0.1) is 16.8 Å². The summed E-state index contributed by atoms with van der Waals surface area (Å²) in [7, 11) is 0. The molecule has 0 unspecified atom stereocenters. The van der Waals surface area contributed by atoms with Crippen molar-refractivity contribution in [1.29, 1.82) is 0 Å². The van der Waals surface area contributed by atoms with Crippen LogP contribution >= 0.6 is 35.2 Å². The van der Waals surface area contributed by atoms with Gasteiger partial charge >= 0.3 is 0 Å². The molecule has 19 heavy (non-hydrogen) atoms. The predicted molar refractivity (Wildman–Crippen MR) is 84.8 cm³/mol. The summed E-state index contributed by atoms with van der Waals surface area (Å²) in [6.45, 7) is 1.93. The van der Waals surface area contributed by atoms with E-state index in [1.54, 1.807) is 17.6 Å². The van der Waals surface area contributed by atoms with Crippen molar-refractivity contribution in [2.24, 2.45) is 10.8 Å². The number of thiocarbonyl (C=S) groups is 1. The second-order valence-corrected chi connectivity index (χ2v) is 5.62. The molecule has 0 saturated heterocycles. The van der Waals surface area contributed by atoms with Gasteiger partial charge < -0.3 is 5.73 Å². The molecule has 2 aromatic rings. The van der Waals surface area contributed by atoms with Crippen molar-refractivity contribution in [3.05, 3.63) is 39.9 Å². The fourth-order valence-corrected chi connectivity index (χ4v) is 2.52. The van der Waals surface area contributed by atoms with Crippen LogP contribution in [0.3, 0.4) is 0 Å². The van der Waals surface area contributed by atoms with Crippen molar-refractivity contribution in [2.45, 2.75) is 6.92 Å². The Bertz CT molecular complexity index is 619. The number of aryl methyl sites for hydroxylation is 1. The molecule has 98 valence electrons. The van der Waals surface area contributed by atoms with E-state index in [1.165, 1.54) is 0 Å². The van der Waals surface area contributed by atoms with E-state index < -0.39 is 0 Å². The fourth-order valence-electron chi connectivity index (χ4n) is 1.40. The Morgan fingerprint density at radius 2 is 2.16 bits per heavy atom. The molecule has 0 fully saturated rings. The van der Waals surface area contributed by atoms with Crippen molar-refractivity contribution in [3.63, 3.8) is 0 Å². The van der Waals surface area contributed by atoms with Crippen LogP contribution in [0.5, 0.6) is 0 Å². The van der Waals surface area contributed by atoms with Gasteiger partial charge in [-0.3, -0.25) is 5.43 Å². The Balaban J connectivity index is 2.23. The number of aromatic nitrogens is 1.